The normalized spacial score (nSPS) is 18.4. The van der Waals surface area contributed by atoms with Crippen LogP contribution in [-0.4, -0.2) is 71.8 Å². The molecule has 0 aliphatic carbocycles. The second-order valence-corrected chi connectivity index (χ2v) is 16.5. The first-order chi connectivity index (χ1) is 28.0. The Morgan fingerprint density at radius 1 is 0.724 bits per heavy atom. The van der Waals surface area contributed by atoms with Crippen molar-refractivity contribution in [3.63, 3.8) is 0 Å². The van der Waals surface area contributed by atoms with Gasteiger partial charge in [0.2, 0.25) is 5.75 Å². The molecular weight excluding hydrogens is 765 g/mol. The lowest BCUT2D eigenvalue weighted by atomic mass is 9.86. The Morgan fingerprint density at radius 2 is 1.40 bits per heavy atom. The molecule has 15 heteroatoms. The van der Waals surface area contributed by atoms with E-state index >= 15 is 8.42 Å². The van der Waals surface area contributed by atoms with E-state index < -0.39 is 21.0 Å². The number of nitrogens with zero attached hydrogens (tertiary/aromatic N) is 4. The third-order valence-corrected chi connectivity index (χ3v) is 13.4. The van der Waals surface area contributed by atoms with Gasteiger partial charge in [-0.2, -0.15) is 17.8 Å². The highest BCUT2D eigenvalue weighted by Crippen LogP contribution is 2.55. The zero-order valence-electron chi connectivity index (χ0n) is 32.7. The Kier molecular flexibility index (Phi) is 9.33. The summed E-state index contributed by atoms with van der Waals surface area (Å²) in [4.78, 5) is 13.2. The van der Waals surface area contributed by atoms with Gasteiger partial charge >= 0.3 is 0 Å². The van der Waals surface area contributed by atoms with Crippen molar-refractivity contribution in [1.82, 2.24) is 9.91 Å². The van der Waals surface area contributed by atoms with Crippen LogP contribution in [0.4, 0.5) is 11.4 Å². The summed E-state index contributed by atoms with van der Waals surface area (Å²) in [5, 5.41) is 13.4. The number of fused-ring (bicyclic) bond motifs is 2. The van der Waals surface area contributed by atoms with Crippen LogP contribution in [0.5, 0.6) is 46.0 Å². The highest BCUT2D eigenvalue weighted by Gasteiger charge is 2.46. The fourth-order valence-electron chi connectivity index (χ4n) is 8.78. The van der Waals surface area contributed by atoms with Crippen LogP contribution in [0.15, 0.2) is 83.8 Å². The van der Waals surface area contributed by atoms with Gasteiger partial charge in [0.05, 0.1) is 50.0 Å². The molecule has 10 rings (SSSR count). The summed E-state index contributed by atoms with van der Waals surface area (Å²) in [6.07, 6.45) is 2.34. The summed E-state index contributed by atoms with van der Waals surface area (Å²) in [5.74, 6) is 3.56. The minimum atomic E-state index is -4.40. The number of ether oxygens (including phenoxy) is 6. The quantitative estimate of drug-likeness (QED) is 0.118. The molecule has 5 aliphatic heterocycles. The highest BCUT2D eigenvalue weighted by atomic mass is 32.2. The third-order valence-electron chi connectivity index (χ3n) is 11.7. The maximum absolute atomic E-state index is 15.0. The minimum absolute atomic E-state index is 0.0333. The summed E-state index contributed by atoms with van der Waals surface area (Å²) in [5.41, 5.74) is 5.83. The average molecular weight is 807 g/mol. The SMILES string of the molecule is COc1cc2c3cc1Oc1ccc(cc1)C[C@@H]1c4cc(c(OC)cc4CCN1C)Oc1c(OC)c(OC)cc4c1[C@@H](C3)N(CC4)N2S(=O)(=O)c1ccc([N+](=O)[O-])cc1. The molecule has 0 unspecified atom stereocenters. The summed E-state index contributed by atoms with van der Waals surface area (Å²) in [7, 11) is 3.99. The molecule has 0 radical (unpaired) electrons. The molecule has 0 spiro atoms. The lowest BCUT2D eigenvalue weighted by molar-refractivity contribution is -0.384. The number of methoxy groups -OCH3 is 4. The number of non-ortho nitro benzene ring substituents is 1. The van der Waals surface area contributed by atoms with Crippen molar-refractivity contribution in [3.8, 4) is 46.0 Å². The summed E-state index contributed by atoms with van der Waals surface area (Å²) in [6.45, 7) is 1.16. The van der Waals surface area contributed by atoms with Crippen LogP contribution in [0.3, 0.4) is 0 Å². The molecule has 2 atom stereocenters. The van der Waals surface area contributed by atoms with Gasteiger partial charge in [0.15, 0.2) is 34.5 Å². The van der Waals surface area contributed by atoms with Crippen LogP contribution in [-0.2, 0) is 35.7 Å². The van der Waals surface area contributed by atoms with Gasteiger partial charge in [0.1, 0.15) is 5.75 Å². The first-order valence-corrected chi connectivity index (χ1v) is 20.4. The van der Waals surface area contributed by atoms with Crippen molar-refractivity contribution >= 4 is 21.4 Å². The van der Waals surface area contributed by atoms with Gasteiger partial charge in [0, 0.05) is 42.9 Å². The number of sulfonamides is 1. The molecule has 0 amide bonds. The Hall–Kier alpha value is -6.03. The van der Waals surface area contributed by atoms with Crippen LogP contribution >= 0.6 is 0 Å². The Balaban J connectivity index is 1.31. The lowest BCUT2D eigenvalue weighted by Crippen LogP contribution is -2.54. The average Bonchev–Trinajstić information content (AvgIpc) is 3.23. The molecule has 0 aromatic heterocycles. The zero-order valence-corrected chi connectivity index (χ0v) is 33.5. The van der Waals surface area contributed by atoms with Crippen LogP contribution < -0.4 is 32.8 Å². The second-order valence-electron chi connectivity index (χ2n) is 14.8. The Bertz CT molecular complexity index is 2560. The molecule has 0 fully saturated rings. The molecule has 0 N–H and O–H groups in total. The van der Waals surface area contributed by atoms with E-state index in [9.17, 15) is 10.1 Å². The fourth-order valence-corrected chi connectivity index (χ4v) is 10.4. The summed E-state index contributed by atoms with van der Waals surface area (Å²) < 4.78 is 68.7. The standard InChI is InChI=1S/C43H42N4O10S/c1-44-16-14-26-20-36(52-2)39-23-32(26)34(44)18-25-6-10-30(11-7-25)56-38-22-28-19-35-41-27(21-40(54-4)42(55-5)43(41)57-39)15-17-45(35)46(33(28)24-37(38)53-3)58(50,51)31-12-8-29(9-13-31)47(48)49/h6-13,20-24,34-35H,14-19H2,1-5H3/t34-,35-/m1/s1. The molecule has 5 heterocycles. The number of anilines is 1. The van der Waals surface area contributed by atoms with Crippen LogP contribution in [0, 0.1) is 10.1 Å². The number of hydrogen-bond donors (Lipinski definition) is 0. The molecule has 0 saturated heterocycles. The maximum atomic E-state index is 15.0. The van der Waals surface area contributed by atoms with Crippen LogP contribution in [0.1, 0.15) is 45.5 Å². The summed E-state index contributed by atoms with van der Waals surface area (Å²) >= 11 is 0. The van der Waals surface area contributed by atoms with Gasteiger partial charge in [-0.25, -0.2) is 0 Å². The molecule has 5 aliphatic rings. The molecular formula is C43H42N4O10S. The van der Waals surface area contributed by atoms with Gasteiger partial charge in [-0.05, 0) is 109 Å². The molecule has 0 saturated carbocycles. The van der Waals surface area contributed by atoms with E-state index in [1.165, 1.54) is 41.4 Å². The van der Waals surface area contributed by atoms with Crippen LogP contribution in [0.2, 0.25) is 0 Å². The summed E-state index contributed by atoms with van der Waals surface area (Å²) in [6, 6.07) is 21.8. The maximum Gasteiger partial charge on any atom is 0.277 e. The van der Waals surface area contributed by atoms with E-state index in [1.807, 2.05) is 29.3 Å². The van der Waals surface area contributed by atoms with Crippen molar-refractivity contribution in [1.29, 1.82) is 0 Å². The van der Waals surface area contributed by atoms with Crippen molar-refractivity contribution in [3.05, 3.63) is 122 Å². The highest BCUT2D eigenvalue weighted by molar-refractivity contribution is 7.92. The van der Waals surface area contributed by atoms with E-state index in [0.717, 1.165) is 41.6 Å². The predicted molar refractivity (Wildman–Crippen MR) is 215 cm³/mol. The monoisotopic (exact) mass is 806 g/mol. The number of rotatable bonds is 7. The van der Waals surface area contributed by atoms with E-state index in [-0.39, 0.29) is 16.6 Å². The smallest absolute Gasteiger partial charge is 0.277 e. The van der Waals surface area contributed by atoms with E-state index in [4.69, 9.17) is 28.4 Å². The molecule has 300 valence electrons. The van der Waals surface area contributed by atoms with Gasteiger partial charge in [0.25, 0.3) is 15.7 Å². The number of benzene rings is 5. The zero-order chi connectivity index (χ0) is 40.5. The molecule has 14 nitrogen and oxygen atoms in total. The van der Waals surface area contributed by atoms with Crippen molar-refractivity contribution in [2.75, 3.05) is 53.0 Å². The minimum Gasteiger partial charge on any atom is -0.493 e. The van der Waals surface area contributed by atoms with E-state index in [0.29, 0.717) is 76.6 Å². The van der Waals surface area contributed by atoms with Crippen LogP contribution in [0.25, 0.3) is 0 Å². The first-order valence-electron chi connectivity index (χ1n) is 18.9. The lowest BCUT2D eigenvalue weighted by Gasteiger charge is -2.48. The van der Waals surface area contributed by atoms with Crippen molar-refractivity contribution < 1.29 is 41.8 Å². The number of hydrazine groups is 1. The van der Waals surface area contributed by atoms with E-state index in [1.54, 1.807) is 27.4 Å². The topological polar surface area (TPSA) is 142 Å². The molecule has 5 aromatic carbocycles. The van der Waals surface area contributed by atoms with Gasteiger partial charge in [-0.15, -0.1) is 0 Å². The Morgan fingerprint density at radius 3 is 2.09 bits per heavy atom. The van der Waals surface area contributed by atoms with Crippen molar-refractivity contribution in [2.24, 2.45) is 0 Å². The molecule has 7 bridgehead atoms. The molecule has 5 aromatic rings. The van der Waals surface area contributed by atoms with Gasteiger partial charge in [-0.1, -0.05) is 12.1 Å². The van der Waals surface area contributed by atoms with Gasteiger partial charge < -0.3 is 28.4 Å². The fraction of sp³-hybridized carbons (Fsp3) is 0.302. The largest absolute Gasteiger partial charge is 0.493 e. The number of nitro benzene ring substituents is 1. The number of likely N-dealkylation sites (N-methyl/N-ethyl adjacent to an activating group) is 1. The number of hydrogen-bond acceptors (Lipinski definition) is 12. The van der Waals surface area contributed by atoms with E-state index in [2.05, 4.69) is 36.2 Å². The molecule has 58 heavy (non-hydrogen) atoms. The second kappa shape index (κ2) is 14.4. The van der Waals surface area contributed by atoms with Crippen molar-refractivity contribution in [2.45, 2.75) is 42.7 Å². The third kappa shape index (κ3) is 6.12. The number of nitro groups is 1. The predicted octanol–water partition coefficient (Wildman–Crippen LogP) is 7.56. The Labute approximate surface area is 336 Å². The first kappa shape index (κ1) is 37.5. The van der Waals surface area contributed by atoms with Gasteiger partial charge in [-0.3, -0.25) is 15.0 Å².